The molecule has 1 aromatic heterocycles. The molecule has 0 amide bonds. The molecule has 1 aromatic carbocycles. The lowest BCUT2D eigenvalue weighted by molar-refractivity contribution is 0.180. The molecule has 2 aromatic rings. The first-order valence-electron chi connectivity index (χ1n) is 6.31. The van der Waals surface area contributed by atoms with Crippen molar-refractivity contribution in [3.8, 4) is 10.4 Å². The molecular formula is C15H14ClO2S+. The molecule has 1 heterocycles. The molecule has 1 aliphatic rings. The van der Waals surface area contributed by atoms with Crippen LogP contribution in [0.25, 0.3) is 10.4 Å². The van der Waals surface area contributed by atoms with Crippen molar-refractivity contribution >= 4 is 27.4 Å². The Balaban J connectivity index is 2.16. The van der Waals surface area contributed by atoms with E-state index in [4.69, 9.17) is 16.3 Å². The largest absolute Gasteiger partial charge is 0.554 e. The third kappa shape index (κ3) is 2.07. The molecule has 0 radical (unpaired) electrons. The summed E-state index contributed by atoms with van der Waals surface area (Å²) in [4.78, 5) is 13.2. The highest BCUT2D eigenvalue weighted by atomic mass is 35.5. The van der Waals surface area contributed by atoms with Crippen molar-refractivity contribution < 1.29 is 9.53 Å². The Bertz CT molecular complexity index is 646. The predicted octanol–water partition coefficient (Wildman–Crippen LogP) is 4.86. The van der Waals surface area contributed by atoms with E-state index in [0.29, 0.717) is 6.61 Å². The maximum atomic E-state index is 12.1. The number of aryl methyl sites for hydroxylation is 1. The zero-order chi connectivity index (χ0) is 13.4. The minimum absolute atomic E-state index is 0.142. The predicted molar refractivity (Wildman–Crippen MR) is 79.2 cm³/mol. The molecule has 0 fully saturated rings. The van der Waals surface area contributed by atoms with E-state index in [-0.39, 0.29) is 5.30 Å². The third-order valence-electron chi connectivity index (χ3n) is 3.37. The molecular weight excluding hydrogens is 280 g/mol. The Kier molecular flexibility index (Phi) is 3.33. The lowest BCUT2D eigenvalue weighted by Crippen LogP contribution is -2.04. The average Bonchev–Trinajstić information content (AvgIpc) is 2.83. The van der Waals surface area contributed by atoms with Crippen LogP contribution >= 0.6 is 22.1 Å². The van der Waals surface area contributed by atoms with Crippen molar-refractivity contribution in [1.29, 1.82) is 0 Å². The second-order valence-corrected chi connectivity index (χ2v) is 6.54. The van der Waals surface area contributed by atoms with Gasteiger partial charge in [0.15, 0.2) is 10.3 Å². The lowest BCUT2D eigenvalue weighted by Gasteiger charge is -2.14. The maximum absolute atomic E-state index is 12.1. The summed E-state index contributed by atoms with van der Waals surface area (Å²) in [6, 6.07) is 7.99. The summed E-state index contributed by atoms with van der Waals surface area (Å²) in [6.45, 7) is 2.25. The zero-order valence-corrected chi connectivity index (χ0v) is 12.2. The molecule has 98 valence electrons. The molecule has 2 nitrogen and oxygen atoms in total. The van der Waals surface area contributed by atoms with E-state index in [2.05, 4.69) is 12.1 Å². The van der Waals surface area contributed by atoms with Gasteiger partial charge in [-0.05, 0) is 43.5 Å². The normalized spacial score (nSPS) is 13.7. The van der Waals surface area contributed by atoms with E-state index < -0.39 is 10.5 Å². The van der Waals surface area contributed by atoms with Crippen molar-refractivity contribution in [2.45, 2.75) is 19.8 Å². The molecule has 1 atom stereocenters. The summed E-state index contributed by atoms with van der Waals surface area (Å²) in [5.74, 6) is 0. The molecule has 3 rings (SSSR count). The Hall–Kier alpha value is -1.32. The monoisotopic (exact) mass is 293 g/mol. The second kappa shape index (κ2) is 4.99. The van der Waals surface area contributed by atoms with Crippen LogP contribution in [0.4, 0.5) is 4.79 Å². The number of carbonyl (C=O) groups is 1. The quantitative estimate of drug-likeness (QED) is 0.584. The molecule has 4 heteroatoms. The first-order valence-corrected chi connectivity index (χ1v) is 7.98. The fraction of sp³-hybridized carbons (Fsp3) is 0.267. The van der Waals surface area contributed by atoms with Crippen molar-refractivity contribution in [3.05, 3.63) is 45.8 Å². The van der Waals surface area contributed by atoms with Crippen molar-refractivity contribution in [2.24, 2.45) is 0 Å². The molecule has 19 heavy (non-hydrogen) atoms. The second-order valence-electron chi connectivity index (χ2n) is 4.44. The van der Waals surface area contributed by atoms with E-state index in [1.54, 1.807) is 0 Å². The van der Waals surface area contributed by atoms with Crippen LogP contribution < -0.4 is 0 Å². The Labute approximate surface area is 119 Å². The molecule has 0 aliphatic heterocycles. The zero-order valence-electron chi connectivity index (χ0n) is 10.6. The van der Waals surface area contributed by atoms with E-state index in [9.17, 15) is 4.79 Å². The van der Waals surface area contributed by atoms with Gasteiger partial charge in [0.1, 0.15) is 10.5 Å². The smallest absolute Gasteiger partial charge is 0.422 e. The highest BCUT2D eigenvalue weighted by molar-refractivity contribution is 7.52. The van der Waals surface area contributed by atoms with Gasteiger partial charge in [-0.25, -0.2) is 0 Å². The molecule has 1 aliphatic carbocycles. The molecule has 0 spiro atoms. The number of hydrogen-bond acceptors (Lipinski definition) is 2. The Morgan fingerprint density at radius 2 is 2.21 bits per heavy atom. The highest BCUT2D eigenvalue weighted by Crippen LogP contribution is 2.45. The number of fused-ring (bicyclic) bond motifs is 3. The molecule has 0 bridgehead atoms. The molecule has 0 N–H and O–H groups in total. The lowest BCUT2D eigenvalue weighted by atomic mass is 9.92. The van der Waals surface area contributed by atoms with Gasteiger partial charge in [0.2, 0.25) is 0 Å². The fourth-order valence-corrected chi connectivity index (χ4v) is 4.64. The van der Waals surface area contributed by atoms with Crippen LogP contribution in [-0.4, -0.2) is 11.9 Å². The summed E-state index contributed by atoms with van der Waals surface area (Å²) in [5, 5.41) is 2.62. The van der Waals surface area contributed by atoms with Crippen LogP contribution in [0.1, 0.15) is 18.1 Å². The topological polar surface area (TPSA) is 26.3 Å². The summed E-state index contributed by atoms with van der Waals surface area (Å²) >= 11 is 6.26. The minimum atomic E-state index is -0.579. The SMILES string of the molecule is CCOC(=O)[s+]1ccc2c1-c1cccc(Cl)c1CC2. The van der Waals surface area contributed by atoms with E-state index >= 15 is 0 Å². The van der Waals surface area contributed by atoms with Gasteiger partial charge in [0, 0.05) is 16.1 Å². The average molecular weight is 294 g/mol. The standard InChI is InChI=1S/C15H14ClO2S/c1-2-18-15(17)19-9-8-10-6-7-11-12(14(10)19)4-3-5-13(11)16/h3-5,8-9H,2,6-7H2,1H3/q+1. The molecule has 0 saturated heterocycles. The summed E-state index contributed by atoms with van der Waals surface area (Å²) in [5.41, 5.74) is 3.54. The van der Waals surface area contributed by atoms with Gasteiger partial charge in [-0.2, -0.15) is 4.79 Å². The van der Waals surface area contributed by atoms with E-state index in [1.807, 2.05) is 24.4 Å². The molecule has 0 saturated carbocycles. The summed E-state index contributed by atoms with van der Waals surface area (Å²) in [7, 11) is -0.579. The van der Waals surface area contributed by atoms with Crippen LogP contribution in [0, 0.1) is 0 Å². The van der Waals surface area contributed by atoms with Crippen molar-refractivity contribution in [2.75, 3.05) is 6.61 Å². The Morgan fingerprint density at radius 3 is 3.00 bits per heavy atom. The minimum Gasteiger partial charge on any atom is -0.422 e. The van der Waals surface area contributed by atoms with Crippen LogP contribution in [0.2, 0.25) is 5.02 Å². The van der Waals surface area contributed by atoms with Gasteiger partial charge in [-0.15, -0.1) is 0 Å². The number of ether oxygens (including phenoxy) is 1. The van der Waals surface area contributed by atoms with Gasteiger partial charge >= 0.3 is 5.30 Å². The number of halogens is 1. The maximum Gasteiger partial charge on any atom is 0.554 e. The first kappa shape index (κ1) is 12.7. The summed E-state index contributed by atoms with van der Waals surface area (Å²) < 4.78 is 5.18. The van der Waals surface area contributed by atoms with Crippen molar-refractivity contribution in [3.63, 3.8) is 0 Å². The number of rotatable bonds is 2. The van der Waals surface area contributed by atoms with Crippen LogP contribution in [-0.2, 0) is 17.6 Å². The highest BCUT2D eigenvalue weighted by Gasteiger charge is 2.33. The van der Waals surface area contributed by atoms with Gasteiger partial charge in [-0.1, -0.05) is 17.7 Å². The van der Waals surface area contributed by atoms with Crippen LogP contribution in [0.3, 0.4) is 0 Å². The van der Waals surface area contributed by atoms with Gasteiger partial charge < -0.3 is 4.74 Å². The summed E-state index contributed by atoms with van der Waals surface area (Å²) in [6.07, 6.45) is 1.89. The fourth-order valence-electron chi connectivity index (χ4n) is 2.53. The van der Waals surface area contributed by atoms with Crippen LogP contribution in [0.5, 0.6) is 0 Å². The van der Waals surface area contributed by atoms with Gasteiger partial charge in [0.05, 0.1) is 6.61 Å². The third-order valence-corrected chi connectivity index (χ3v) is 5.53. The molecule has 1 unspecified atom stereocenters. The number of hydrogen-bond donors (Lipinski definition) is 0. The Morgan fingerprint density at radius 1 is 1.37 bits per heavy atom. The van der Waals surface area contributed by atoms with E-state index in [1.165, 1.54) is 5.56 Å². The van der Waals surface area contributed by atoms with Gasteiger partial charge in [0.25, 0.3) is 0 Å². The number of carbonyl (C=O) groups excluding carboxylic acids is 1. The first-order chi connectivity index (χ1) is 9.22. The van der Waals surface area contributed by atoms with Crippen molar-refractivity contribution in [1.82, 2.24) is 0 Å². The number of thiophene rings is 1. The van der Waals surface area contributed by atoms with Crippen LogP contribution in [0.15, 0.2) is 29.6 Å². The number of benzene rings is 1. The van der Waals surface area contributed by atoms with Gasteiger partial charge in [-0.3, -0.25) is 0 Å². The van der Waals surface area contributed by atoms with E-state index in [0.717, 1.165) is 33.9 Å².